The number of hydrogen-bond acceptors (Lipinski definition) is 4. The van der Waals surface area contributed by atoms with Gasteiger partial charge < -0.3 is 0 Å². The van der Waals surface area contributed by atoms with Crippen molar-refractivity contribution in [1.29, 1.82) is 0 Å². The van der Waals surface area contributed by atoms with Crippen LogP contribution in [0.15, 0.2) is 58.1 Å². The number of nitrogens with zero attached hydrogens (tertiary/aromatic N) is 2. The third-order valence-corrected chi connectivity index (χ3v) is 5.48. The zero-order valence-electron chi connectivity index (χ0n) is 14.5. The van der Waals surface area contributed by atoms with Crippen molar-refractivity contribution in [2.75, 3.05) is 17.1 Å². The van der Waals surface area contributed by atoms with Crippen LogP contribution in [0.4, 0.5) is 5.69 Å². The number of hydrazone groups is 1. The first-order valence-electron chi connectivity index (χ1n) is 7.94. The summed E-state index contributed by atoms with van der Waals surface area (Å²) in [5.74, 6) is -0.529. The number of sulfonamides is 1. The first-order chi connectivity index (χ1) is 12.3. The highest BCUT2D eigenvalue weighted by Gasteiger charge is 2.20. The van der Waals surface area contributed by atoms with Crippen molar-refractivity contribution >= 4 is 43.8 Å². The lowest BCUT2D eigenvalue weighted by Gasteiger charge is -2.21. The van der Waals surface area contributed by atoms with Gasteiger partial charge in [-0.3, -0.25) is 9.10 Å². The van der Waals surface area contributed by atoms with Crippen molar-refractivity contribution in [2.45, 2.75) is 13.3 Å². The molecule has 0 aliphatic rings. The average molecular weight is 438 g/mol. The summed E-state index contributed by atoms with van der Waals surface area (Å²) in [4.78, 5) is 12.1. The Morgan fingerprint density at radius 1 is 1.19 bits per heavy atom. The van der Waals surface area contributed by atoms with Crippen molar-refractivity contribution in [1.82, 2.24) is 5.43 Å². The molecule has 0 spiro atoms. The number of anilines is 1. The Kier molecular flexibility index (Phi) is 6.93. The molecular weight excluding hydrogens is 418 g/mol. The predicted molar refractivity (Wildman–Crippen MR) is 108 cm³/mol. The number of halogens is 1. The zero-order valence-corrected chi connectivity index (χ0v) is 16.9. The summed E-state index contributed by atoms with van der Waals surface area (Å²) in [6, 6.07) is 14.5. The molecule has 2 aromatic carbocycles. The van der Waals surface area contributed by atoms with Crippen LogP contribution in [0.1, 0.15) is 18.1 Å². The van der Waals surface area contributed by atoms with Crippen LogP contribution in [0, 0.1) is 0 Å². The van der Waals surface area contributed by atoms with Gasteiger partial charge >= 0.3 is 0 Å². The molecule has 2 aromatic rings. The molecule has 0 saturated carbocycles. The van der Waals surface area contributed by atoms with Gasteiger partial charge in [0.25, 0.3) is 5.91 Å². The highest BCUT2D eigenvalue weighted by atomic mass is 79.9. The lowest BCUT2D eigenvalue weighted by atomic mass is 10.1. The number of carbonyl (C=O) groups is 1. The topological polar surface area (TPSA) is 78.8 Å². The molecule has 0 unspecified atom stereocenters. The largest absolute Gasteiger partial charge is 0.271 e. The van der Waals surface area contributed by atoms with Gasteiger partial charge in [0, 0.05) is 10.0 Å². The number of aryl methyl sites for hydroxylation is 1. The van der Waals surface area contributed by atoms with E-state index in [9.17, 15) is 13.2 Å². The van der Waals surface area contributed by atoms with Crippen LogP contribution in [0.25, 0.3) is 0 Å². The molecule has 0 aliphatic carbocycles. The van der Waals surface area contributed by atoms with Crippen LogP contribution in [0.3, 0.4) is 0 Å². The highest BCUT2D eigenvalue weighted by Crippen LogP contribution is 2.18. The average Bonchev–Trinajstić information content (AvgIpc) is 2.60. The minimum absolute atomic E-state index is 0.350. The molecule has 138 valence electrons. The van der Waals surface area contributed by atoms with Gasteiger partial charge in [-0.25, -0.2) is 13.8 Å². The molecule has 0 radical (unpaired) electrons. The van der Waals surface area contributed by atoms with Gasteiger partial charge in [0.1, 0.15) is 6.54 Å². The molecule has 2 rings (SSSR count). The molecule has 0 atom stereocenters. The molecule has 0 aliphatic heterocycles. The molecule has 26 heavy (non-hydrogen) atoms. The van der Waals surface area contributed by atoms with Crippen molar-refractivity contribution in [3.8, 4) is 0 Å². The minimum atomic E-state index is -3.60. The maximum absolute atomic E-state index is 12.1. The maximum Gasteiger partial charge on any atom is 0.260 e. The van der Waals surface area contributed by atoms with Crippen LogP contribution >= 0.6 is 15.9 Å². The fraction of sp³-hybridized carbons (Fsp3) is 0.222. The molecule has 0 saturated heterocycles. The van der Waals surface area contributed by atoms with E-state index in [2.05, 4.69) is 26.5 Å². The Morgan fingerprint density at radius 2 is 1.85 bits per heavy atom. The summed E-state index contributed by atoms with van der Waals surface area (Å²) < 4.78 is 26.0. The molecular formula is C18H20BrN3O3S. The highest BCUT2D eigenvalue weighted by molar-refractivity contribution is 9.10. The van der Waals surface area contributed by atoms with Gasteiger partial charge in [0.15, 0.2) is 0 Å². The van der Waals surface area contributed by atoms with Gasteiger partial charge in [-0.15, -0.1) is 0 Å². The first-order valence-corrected chi connectivity index (χ1v) is 10.6. The number of carbonyl (C=O) groups excluding carboxylic acids is 1. The third-order valence-electron chi connectivity index (χ3n) is 3.62. The van der Waals surface area contributed by atoms with E-state index in [0.29, 0.717) is 5.69 Å². The van der Waals surface area contributed by atoms with Crippen molar-refractivity contribution in [2.24, 2.45) is 5.10 Å². The monoisotopic (exact) mass is 437 g/mol. The van der Waals surface area contributed by atoms with Crippen LogP contribution in [0.2, 0.25) is 0 Å². The van der Waals surface area contributed by atoms with Crippen LogP contribution < -0.4 is 9.73 Å². The SMILES string of the molecule is CCc1ccc(N(CC(=O)N/N=C\c2ccccc2Br)S(C)(=O)=O)cc1. The van der Waals surface area contributed by atoms with Crippen LogP contribution in [-0.4, -0.2) is 33.3 Å². The van der Waals surface area contributed by atoms with E-state index >= 15 is 0 Å². The minimum Gasteiger partial charge on any atom is -0.271 e. The Labute approximate surface area is 162 Å². The second-order valence-corrected chi connectivity index (χ2v) is 8.37. The summed E-state index contributed by atoms with van der Waals surface area (Å²) in [6.07, 6.45) is 3.41. The van der Waals surface area contributed by atoms with E-state index in [1.165, 1.54) is 6.21 Å². The van der Waals surface area contributed by atoms with Gasteiger partial charge in [-0.1, -0.05) is 53.2 Å². The summed E-state index contributed by atoms with van der Waals surface area (Å²) in [5.41, 5.74) is 4.68. The Balaban J connectivity index is 2.08. The second kappa shape index (κ2) is 8.95. The molecule has 0 bridgehead atoms. The first kappa shape index (κ1) is 20.1. The Hall–Kier alpha value is -2.19. The van der Waals surface area contributed by atoms with Gasteiger partial charge in [0.05, 0.1) is 18.2 Å². The fourth-order valence-corrected chi connectivity index (χ4v) is 3.46. The lowest BCUT2D eigenvalue weighted by Crippen LogP contribution is -2.39. The number of nitrogens with one attached hydrogen (secondary N) is 1. The van der Waals surface area contributed by atoms with Crippen molar-refractivity contribution in [3.63, 3.8) is 0 Å². The molecule has 6 nitrogen and oxygen atoms in total. The van der Waals surface area contributed by atoms with Gasteiger partial charge in [-0.2, -0.15) is 5.10 Å². The standard InChI is InChI=1S/C18H20BrN3O3S/c1-3-14-8-10-16(11-9-14)22(26(2,24)25)13-18(23)21-20-12-15-6-4-5-7-17(15)19/h4-12H,3,13H2,1-2H3,(H,21,23)/b20-12-. The van der Waals surface area contributed by atoms with Gasteiger partial charge in [0.2, 0.25) is 10.0 Å². The third kappa shape index (κ3) is 5.67. The summed E-state index contributed by atoms with van der Waals surface area (Å²) >= 11 is 3.38. The molecule has 0 fully saturated rings. The van der Waals surface area contributed by atoms with E-state index in [0.717, 1.165) is 32.6 Å². The normalized spacial score (nSPS) is 11.5. The number of benzene rings is 2. The molecule has 0 aromatic heterocycles. The predicted octanol–water partition coefficient (Wildman–Crippen LogP) is 2.93. The smallest absolute Gasteiger partial charge is 0.260 e. The number of amides is 1. The van der Waals surface area contributed by atoms with Crippen LogP contribution in [-0.2, 0) is 21.2 Å². The summed E-state index contributed by atoms with van der Waals surface area (Å²) in [6.45, 7) is 1.66. The van der Waals surface area contributed by atoms with E-state index in [4.69, 9.17) is 0 Å². The summed E-state index contributed by atoms with van der Waals surface area (Å²) in [5, 5.41) is 3.88. The molecule has 1 amide bonds. The Bertz CT molecular complexity index is 896. The lowest BCUT2D eigenvalue weighted by molar-refractivity contribution is -0.119. The van der Waals surface area contributed by atoms with E-state index in [-0.39, 0.29) is 6.54 Å². The Morgan fingerprint density at radius 3 is 2.42 bits per heavy atom. The second-order valence-electron chi connectivity index (χ2n) is 5.60. The number of rotatable bonds is 7. The van der Waals surface area contributed by atoms with Gasteiger partial charge in [-0.05, 0) is 30.2 Å². The van der Waals surface area contributed by atoms with Crippen molar-refractivity contribution < 1.29 is 13.2 Å². The van der Waals surface area contributed by atoms with E-state index < -0.39 is 15.9 Å². The fourth-order valence-electron chi connectivity index (χ4n) is 2.22. The zero-order chi connectivity index (χ0) is 19.2. The molecule has 0 heterocycles. The maximum atomic E-state index is 12.1. The molecule has 8 heteroatoms. The van der Waals surface area contributed by atoms with Crippen molar-refractivity contribution in [3.05, 3.63) is 64.1 Å². The summed E-state index contributed by atoms with van der Waals surface area (Å²) in [7, 11) is -3.60. The molecule has 1 N–H and O–H groups in total. The quantitative estimate of drug-likeness (QED) is 0.534. The van der Waals surface area contributed by atoms with Crippen LogP contribution in [0.5, 0.6) is 0 Å². The van der Waals surface area contributed by atoms with E-state index in [1.807, 2.05) is 43.3 Å². The van der Waals surface area contributed by atoms with E-state index in [1.54, 1.807) is 12.1 Å². The number of hydrogen-bond donors (Lipinski definition) is 1.